The number of rotatable bonds is 0. The first-order valence-corrected chi connectivity index (χ1v) is 13.5. The van der Waals surface area contributed by atoms with Gasteiger partial charge >= 0.3 is 0 Å². The van der Waals surface area contributed by atoms with Crippen LogP contribution in [-0.2, 0) is 4.74 Å². The molecule has 6 aliphatic rings. The third kappa shape index (κ3) is 2.61. The molecule has 2 aliphatic heterocycles. The number of nitrogens with two attached hydrogens (primary N) is 1. The van der Waals surface area contributed by atoms with E-state index in [0.717, 1.165) is 42.1 Å². The smallest absolute Gasteiger partial charge is 0.122 e. The molecule has 0 bridgehead atoms. The van der Waals surface area contributed by atoms with Crippen molar-refractivity contribution in [2.24, 2.45) is 58.0 Å². The number of piperidine rings is 1. The molecule has 0 aromatic rings. The first-order chi connectivity index (χ1) is 14.3. The second-order valence-corrected chi connectivity index (χ2v) is 13.4. The Kier molecular flexibility index (Phi) is 4.58. The highest BCUT2D eigenvalue weighted by Crippen LogP contribution is 2.70. The number of hydrogen-bond acceptors (Lipinski definition) is 3. The maximum absolute atomic E-state index is 7.03. The lowest BCUT2D eigenvalue weighted by molar-refractivity contribution is -0.133. The van der Waals surface area contributed by atoms with Gasteiger partial charge in [0.25, 0.3) is 0 Å². The molecule has 3 N–H and O–H groups in total. The van der Waals surface area contributed by atoms with E-state index >= 15 is 0 Å². The zero-order valence-electron chi connectivity index (χ0n) is 20.0. The first-order valence-electron chi connectivity index (χ1n) is 13.5. The monoisotopic (exact) mass is 414 g/mol. The van der Waals surface area contributed by atoms with Crippen molar-refractivity contribution in [1.82, 2.24) is 5.32 Å². The first kappa shape index (κ1) is 20.5. The van der Waals surface area contributed by atoms with Gasteiger partial charge in [-0.1, -0.05) is 27.7 Å². The van der Waals surface area contributed by atoms with Crippen molar-refractivity contribution < 1.29 is 4.74 Å². The molecular formula is C27H46N2O. The Morgan fingerprint density at radius 2 is 1.67 bits per heavy atom. The molecule has 6 fully saturated rings. The van der Waals surface area contributed by atoms with Crippen molar-refractivity contribution in [1.29, 1.82) is 0 Å². The summed E-state index contributed by atoms with van der Waals surface area (Å²) in [5.41, 5.74) is 7.44. The van der Waals surface area contributed by atoms with E-state index in [-0.39, 0.29) is 5.72 Å². The SMILES string of the molecule is CC1C2C(CC3[C@@H]4CCC5CC(N)CC[C@]5(C)C4CC[C@]23C)O[C@@]12CC[C@H](C)CN2. The Morgan fingerprint density at radius 3 is 2.43 bits per heavy atom. The van der Waals surface area contributed by atoms with Crippen LogP contribution in [0.3, 0.4) is 0 Å². The molecule has 4 aliphatic carbocycles. The van der Waals surface area contributed by atoms with Crippen LogP contribution in [0.25, 0.3) is 0 Å². The lowest BCUT2D eigenvalue weighted by Gasteiger charge is -2.61. The third-order valence-corrected chi connectivity index (χ3v) is 12.2. The maximum atomic E-state index is 7.03. The van der Waals surface area contributed by atoms with E-state index in [1.54, 1.807) is 0 Å². The molecule has 4 saturated carbocycles. The van der Waals surface area contributed by atoms with Crippen LogP contribution in [0.15, 0.2) is 0 Å². The summed E-state index contributed by atoms with van der Waals surface area (Å²) in [6, 6.07) is 0.468. The van der Waals surface area contributed by atoms with Gasteiger partial charge in [0.05, 0.1) is 6.10 Å². The molecule has 3 nitrogen and oxygen atoms in total. The second-order valence-electron chi connectivity index (χ2n) is 13.4. The summed E-state index contributed by atoms with van der Waals surface area (Å²) in [4.78, 5) is 0. The van der Waals surface area contributed by atoms with Gasteiger partial charge in [-0.05, 0) is 111 Å². The highest BCUT2D eigenvalue weighted by molar-refractivity contribution is 5.16. The van der Waals surface area contributed by atoms with Gasteiger partial charge in [0, 0.05) is 18.5 Å². The molecule has 2 heterocycles. The molecule has 6 rings (SSSR count). The lowest BCUT2D eigenvalue weighted by atomic mass is 9.44. The Bertz CT molecular complexity index is 686. The fourth-order valence-corrected chi connectivity index (χ4v) is 10.5. The van der Waals surface area contributed by atoms with Gasteiger partial charge in [-0.15, -0.1) is 0 Å². The van der Waals surface area contributed by atoms with Gasteiger partial charge < -0.3 is 10.5 Å². The molecule has 7 unspecified atom stereocenters. The van der Waals surface area contributed by atoms with E-state index in [9.17, 15) is 0 Å². The average Bonchev–Trinajstić information content (AvgIpc) is 3.16. The van der Waals surface area contributed by atoms with Gasteiger partial charge in [-0.3, -0.25) is 5.32 Å². The summed E-state index contributed by atoms with van der Waals surface area (Å²) in [5, 5.41) is 3.90. The van der Waals surface area contributed by atoms with Crippen molar-refractivity contribution >= 4 is 0 Å². The summed E-state index contributed by atoms with van der Waals surface area (Å²) in [6.07, 6.45) is 14.1. The molecule has 170 valence electrons. The van der Waals surface area contributed by atoms with Gasteiger partial charge in [-0.25, -0.2) is 0 Å². The molecule has 0 aromatic heterocycles. The zero-order valence-corrected chi connectivity index (χ0v) is 20.0. The summed E-state index contributed by atoms with van der Waals surface area (Å²) >= 11 is 0. The summed E-state index contributed by atoms with van der Waals surface area (Å²) in [5.74, 6) is 5.87. The summed E-state index contributed by atoms with van der Waals surface area (Å²) in [6.45, 7) is 11.4. The quantitative estimate of drug-likeness (QED) is 0.563. The van der Waals surface area contributed by atoms with Crippen LogP contribution in [0.2, 0.25) is 0 Å². The summed E-state index contributed by atoms with van der Waals surface area (Å²) in [7, 11) is 0. The van der Waals surface area contributed by atoms with Crippen molar-refractivity contribution in [3.05, 3.63) is 0 Å². The molecule has 0 aromatic carbocycles. The Labute approximate surface area is 184 Å². The fourth-order valence-electron chi connectivity index (χ4n) is 10.5. The van der Waals surface area contributed by atoms with E-state index in [4.69, 9.17) is 10.5 Å². The van der Waals surface area contributed by atoms with Gasteiger partial charge in [0.2, 0.25) is 0 Å². The number of fused-ring (bicyclic) bond motifs is 7. The molecule has 2 saturated heterocycles. The van der Waals surface area contributed by atoms with Gasteiger partial charge in [0.1, 0.15) is 5.72 Å². The van der Waals surface area contributed by atoms with Crippen molar-refractivity contribution in [2.45, 2.75) is 110 Å². The molecule has 12 atom stereocenters. The highest BCUT2D eigenvalue weighted by atomic mass is 16.5. The minimum absolute atomic E-state index is 0.0180. The molecule has 3 heteroatoms. The molecular weight excluding hydrogens is 368 g/mol. The fraction of sp³-hybridized carbons (Fsp3) is 1.00. The minimum Gasteiger partial charge on any atom is -0.357 e. The Morgan fingerprint density at radius 1 is 0.867 bits per heavy atom. The van der Waals surface area contributed by atoms with Crippen LogP contribution >= 0.6 is 0 Å². The minimum atomic E-state index is -0.0180. The molecule has 0 radical (unpaired) electrons. The van der Waals surface area contributed by atoms with Crippen LogP contribution in [0.5, 0.6) is 0 Å². The van der Waals surface area contributed by atoms with Gasteiger partial charge in [-0.2, -0.15) is 0 Å². The summed E-state index contributed by atoms with van der Waals surface area (Å²) < 4.78 is 7.03. The maximum Gasteiger partial charge on any atom is 0.122 e. The van der Waals surface area contributed by atoms with Crippen LogP contribution < -0.4 is 11.1 Å². The predicted molar refractivity (Wildman–Crippen MR) is 122 cm³/mol. The standard InChI is InChI=1S/C27H46N2O/c1-16-7-12-27(29-15-16)17(2)24-23(30-27)14-22-20-6-5-18-13-19(28)8-10-25(18,3)21(20)9-11-26(22,24)4/h16-24,29H,5-15,28H2,1-4H3/t16-,17?,18?,19?,20+,21?,22?,23?,24?,25-,26-,27-/m0/s1. The topological polar surface area (TPSA) is 47.3 Å². The molecule has 30 heavy (non-hydrogen) atoms. The second kappa shape index (κ2) is 6.70. The predicted octanol–water partition coefficient (Wildman–Crippen LogP) is 5.33. The average molecular weight is 415 g/mol. The highest BCUT2D eigenvalue weighted by Gasteiger charge is 2.68. The Balaban J connectivity index is 1.26. The van der Waals surface area contributed by atoms with Crippen molar-refractivity contribution in [2.75, 3.05) is 6.54 Å². The molecule has 1 spiro atoms. The van der Waals surface area contributed by atoms with Crippen molar-refractivity contribution in [3.63, 3.8) is 0 Å². The lowest BCUT2D eigenvalue weighted by Crippen LogP contribution is -2.57. The molecule has 0 amide bonds. The van der Waals surface area contributed by atoms with E-state index in [1.807, 2.05) is 0 Å². The third-order valence-electron chi connectivity index (χ3n) is 12.2. The van der Waals surface area contributed by atoms with Crippen LogP contribution in [0.1, 0.15) is 91.9 Å². The zero-order chi connectivity index (χ0) is 20.9. The van der Waals surface area contributed by atoms with Crippen molar-refractivity contribution in [3.8, 4) is 0 Å². The number of nitrogens with one attached hydrogen (secondary N) is 1. The van der Waals surface area contributed by atoms with Crippen LogP contribution in [0.4, 0.5) is 0 Å². The van der Waals surface area contributed by atoms with Crippen LogP contribution in [0, 0.1) is 52.3 Å². The van der Waals surface area contributed by atoms with E-state index in [2.05, 4.69) is 33.0 Å². The Hall–Kier alpha value is -0.120. The van der Waals surface area contributed by atoms with Crippen LogP contribution in [-0.4, -0.2) is 24.4 Å². The van der Waals surface area contributed by atoms with Gasteiger partial charge in [0.15, 0.2) is 0 Å². The van der Waals surface area contributed by atoms with E-state index in [1.165, 1.54) is 64.2 Å². The van der Waals surface area contributed by atoms with E-state index in [0.29, 0.717) is 28.9 Å². The van der Waals surface area contributed by atoms with E-state index < -0.39 is 0 Å². The largest absolute Gasteiger partial charge is 0.357 e. The number of ether oxygens (including phenoxy) is 1. The normalized spacial score (nSPS) is 62.5. The number of hydrogen-bond donors (Lipinski definition) is 2.